The molecule has 6 heteroatoms. The molecule has 0 amide bonds. The number of benzene rings is 2. The van der Waals surface area contributed by atoms with Crippen molar-refractivity contribution in [1.29, 1.82) is 0 Å². The molecule has 2 aromatic rings. The van der Waals surface area contributed by atoms with Gasteiger partial charge >= 0.3 is 5.97 Å². The first-order valence-electron chi connectivity index (χ1n) is 6.83. The van der Waals surface area contributed by atoms with E-state index in [9.17, 15) is 14.7 Å². The van der Waals surface area contributed by atoms with Crippen LogP contribution < -0.4 is 4.74 Å². The van der Waals surface area contributed by atoms with Gasteiger partial charge in [0.05, 0.1) is 18.2 Å². The molecule has 0 aliphatic carbocycles. The van der Waals surface area contributed by atoms with Gasteiger partial charge in [-0.1, -0.05) is 18.2 Å². The lowest BCUT2D eigenvalue weighted by molar-refractivity contribution is 0.0482. The number of rotatable bonds is 5. The van der Waals surface area contributed by atoms with Crippen LogP contribution in [0.25, 0.3) is 0 Å². The van der Waals surface area contributed by atoms with Gasteiger partial charge in [0.1, 0.15) is 16.9 Å². The van der Waals surface area contributed by atoms with Gasteiger partial charge in [0.25, 0.3) is 0 Å². The fourth-order valence-corrected chi connectivity index (χ4v) is 2.15. The number of aromatic hydroxyl groups is 1. The molecule has 1 atom stereocenters. The zero-order valence-electron chi connectivity index (χ0n) is 12.6. The van der Waals surface area contributed by atoms with Crippen molar-refractivity contribution in [2.24, 2.45) is 0 Å². The van der Waals surface area contributed by atoms with Crippen molar-refractivity contribution in [3.63, 3.8) is 0 Å². The van der Waals surface area contributed by atoms with E-state index in [-0.39, 0.29) is 22.4 Å². The highest BCUT2D eigenvalue weighted by molar-refractivity contribution is 7.80. The Morgan fingerprint density at radius 1 is 1.09 bits per heavy atom. The van der Waals surface area contributed by atoms with Crippen LogP contribution in [0.5, 0.6) is 11.5 Å². The molecule has 0 saturated heterocycles. The summed E-state index contributed by atoms with van der Waals surface area (Å²) in [5, 5.41) is 10.00. The lowest BCUT2D eigenvalue weighted by Gasteiger charge is -2.11. The van der Waals surface area contributed by atoms with Crippen LogP contribution in [0, 0.1) is 0 Å². The predicted molar refractivity (Wildman–Crippen MR) is 88.4 cm³/mol. The molecule has 1 N–H and O–H groups in total. The van der Waals surface area contributed by atoms with Gasteiger partial charge in [-0.3, -0.25) is 4.79 Å². The molecule has 120 valence electrons. The minimum Gasteiger partial charge on any atom is -0.507 e. The van der Waals surface area contributed by atoms with Crippen molar-refractivity contribution >= 4 is 24.4 Å². The van der Waals surface area contributed by atoms with Gasteiger partial charge in [-0.05, 0) is 25.1 Å². The van der Waals surface area contributed by atoms with E-state index >= 15 is 0 Å². The SMILES string of the molecule is COc1ccc(C(=O)c2ccccc2C(=O)OC(C)S)c(O)c1. The largest absolute Gasteiger partial charge is 0.507 e. The maximum absolute atomic E-state index is 12.7. The molecule has 1 unspecified atom stereocenters. The molecule has 0 bridgehead atoms. The lowest BCUT2D eigenvalue weighted by Crippen LogP contribution is -2.15. The van der Waals surface area contributed by atoms with Crippen molar-refractivity contribution in [3.8, 4) is 11.5 Å². The van der Waals surface area contributed by atoms with Crippen LogP contribution in [0.2, 0.25) is 0 Å². The number of thiol groups is 1. The first-order chi connectivity index (χ1) is 10.9. The third-order valence-electron chi connectivity index (χ3n) is 3.12. The van der Waals surface area contributed by atoms with Crippen LogP contribution >= 0.6 is 12.6 Å². The fraction of sp³-hybridized carbons (Fsp3) is 0.176. The molecule has 2 rings (SSSR count). The van der Waals surface area contributed by atoms with Crippen LogP contribution in [0.1, 0.15) is 33.2 Å². The highest BCUT2D eigenvalue weighted by Gasteiger charge is 2.22. The van der Waals surface area contributed by atoms with Gasteiger partial charge in [0.2, 0.25) is 0 Å². The normalized spacial score (nSPS) is 11.6. The van der Waals surface area contributed by atoms with Gasteiger partial charge in [0, 0.05) is 11.6 Å². The van der Waals surface area contributed by atoms with E-state index in [0.717, 1.165) is 0 Å². The Kier molecular flexibility index (Phi) is 5.28. The van der Waals surface area contributed by atoms with Gasteiger partial charge < -0.3 is 14.6 Å². The Morgan fingerprint density at radius 3 is 2.30 bits per heavy atom. The number of phenols is 1. The summed E-state index contributed by atoms with van der Waals surface area (Å²) in [5.41, 5.74) is -0.259. The molecular formula is C17H16O5S. The standard InChI is InChI=1S/C17H16O5S/c1-10(23)22-17(20)13-6-4-3-5-12(13)16(19)14-8-7-11(21-2)9-15(14)18/h3-10,18,23H,1-2H3. The van der Waals surface area contributed by atoms with E-state index in [2.05, 4.69) is 12.6 Å². The zero-order chi connectivity index (χ0) is 17.0. The summed E-state index contributed by atoms with van der Waals surface area (Å²) in [6.45, 7) is 1.60. The average Bonchev–Trinajstić information content (AvgIpc) is 2.53. The summed E-state index contributed by atoms with van der Waals surface area (Å²) in [7, 11) is 1.46. The number of hydrogen-bond donors (Lipinski definition) is 2. The zero-order valence-corrected chi connectivity index (χ0v) is 13.5. The molecule has 0 saturated carbocycles. The topological polar surface area (TPSA) is 72.8 Å². The Labute approximate surface area is 139 Å². The highest BCUT2D eigenvalue weighted by Crippen LogP contribution is 2.27. The summed E-state index contributed by atoms with van der Waals surface area (Å²) in [6.07, 6.45) is 0. The number of ketones is 1. The minimum absolute atomic E-state index is 0.0740. The molecule has 0 radical (unpaired) electrons. The smallest absolute Gasteiger partial charge is 0.339 e. The molecule has 2 aromatic carbocycles. The first kappa shape index (κ1) is 16.9. The van der Waals surface area contributed by atoms with Crippen LogP contribution in [-0.4, -0.2) is 29.4 Å². The number of phenolic OH excluding ortho intramolecular Hbond substituents is 1. The summed E-state index contributed by atoms with van der Waals surface area (Å²) in [6, 6.07) is 10.6. The molecule has 5 nitrogen and oxygen atoms in total. The van der Waals surface area contributed by atoms with Crippen molar-refractivity contribution in [2.75, 3.05) is 7.11 Å². The van der Waals surface area contributed by atoms with E-state index in [1.807, 2.05) is 0 Å². The van der Waals surface area contributed by atoms with Crippen molar-refractivity contribution in [1.82, 2.24) is 0 Å². The maximum Gasteiger partial charge on any atom is 0.339 e. The average molecular weight is 332 g/mol. The number of ether oxygens (including phenoxy) is 2. The van der Waals surface area contributed by atoms with Crippen LogP contribution in [0.4, 0.5) is 0 Å². The highest BCUT2D eigenvalue weighted by atomic mass is 32.1. The molecule has 0 heterocycles. The Balaban J connectivity index is 2.42. The molecule has 0 spiro atoms. The van der Waals surface area contributed by atoms with Gasteiger partial charge in [0.15, 0.2) is 5.78 Å². The first-order valence-corrected chi connectivity index (χ1v) is 7.35. The third-order valence-corrected chi connectivity index (χ3v) is 3.22. The van der Waals surface area contributed by atoms with E-state index in [4.69, 9.17) is 9.47 Å². The number of methoxy groups -OCH3 is 1. The molecular weight excluding hydrogens is 316 g/mol. The van der Waals surface area contributed by atoms with E-state index in [0.29, 0.717) is 5.75 Å². The number of carbonyl (C=O) groups excluding carboxylic acids is 2. The Hall–Kier alpha value is -2.47. The van der Waals surface area contributed by atoms with Gasteiger partial charge in [-0.15, -0.1) is 12.6 Å². The number of esters is 1. The van der Waals surface area contributed by atoms with Crippen molar-refractivity contribution in [3.05, 3.63) is 59.2 Å². The molecule has 23 heavy (non-hydrogen) atoms. The minimum atomic E-state index is -0.649. The number of hydrogen-bond acceptors (Lipinski definition) is 6. The maximum atomic E-state index is 12.7. The summed E-state index contributed by atoms with van der Waals surface area (Å²) in [4.78, 5) is 24.7. The van der Waals surface area contributed by atoms with Gasteiger partial charge in [-0.2, -0.15) is 0 Å². The van der Waals surface area contributed by atoms with Crippen LogP contribution in [0.15, 0.2) is 42.5 Å². The Morgan fingerprint density at radius 2 is 1.74 bits per heavy atom. The second-order valence-electron chi connectivity index (χ2n) is 4.76. The number of carbonyl (C=O) groups is 2. The molecule has 0 aromatic heterocycles. The second kappa shape index (κ2) is 7.19. The summed E-state index contributed by atoms with van der Waals surface area (Å²) < 4.78 is 10.0. The van der Waals surface area contributed by atoms with Crippen LogP contribution in [0.3, 0.4) is 0 Å². The second-order valence-corrected chi connectivity index (χ2v) is 5.49. The van der Waals surface area contributed by atoms with Gasteiger partial charge in [-0.25, -0.2) is 4.79 Å². The van der Waals surface area contributed by atoms with Crippen molar-refractivity contribution in [2.45, 2.75) is 12.4 Å². The fourth-order valence-electron chi connectivity index (χ4n) is 2.05. The predicted octanol–water partition coefficient (Wildman–Crippen LogP) is 3.06. The van der Waals surface area contributed by atoms with Crippen LogP contribution in [-0.2, 0) is 4.74 Å². The Bertz CT molecular complexity index is 740. The molecule has 0 aliphatic rings. The van der Waals surface area contributed by atoms with E-state index in [1.165, 1.54) is 31.4 Å². The summed E-state index contributed by atoms with van der Waals surface area (Å²) >= 11 is 4.00. The van der Waals surface area contributed by atoms with E-state index < -0.39 is 17.2 Å². The monoisotopic (exact) mass is 332 g/mol. The molecule has 0 fully saturated rings. The lowest BCUT2D eigenvalue weighted by atomic mass is 9.97. The van der Waals surface area contributed by atoms with Crippen molar-refractivity contribution < 1.29 is 24.2 Å². The summed E-state index contributed by atoms with van der Waals surface area (Å²) in [5.74, 6) is -0.926. The molecule has 0 aliphatic heterocycles. The quantitative estimate of drug-likeness (QED) is 0.381. The van der Waals surface area contributed by atoms with E-state index in [1.54, 1.807) is 25.1 Å². The third kappa shape index (κ3) is 3.84.